The van der Waals surface area contributed by atoms with E-state index in [2.05, 4.69) is 40.8 Å². The Morgan fingerprint density at radius 1 is 1.21 bits per heavy atom. The van der Waals surface area contributed by atoms with Gasteiger partial charge in [0.05, 0.1) is 0 Å². The zero-order chi connectivity index (χ0) is 9.83. The molecule has 1 nitrogen and oxygen atoms in total. The predicted octanol–water partition coefficient (Wildman–Crippen LogP) is 0.246. The first-order chi connectivity index (χ1) is 5.31. The third-order valence-corrected chi connectivity index (χ3v) is 7.20. The normalized spacial score (nSPS) is 11.6. The van der Waals surface area contributed by atoms with Gasteiger partial charge in [-0.3, -0.25) is 0 Å². The Morgan fingerprint density at radius 3 is 1.93 bits per heavy atom. The fourth-order valence-corrected chi connectivity index (χ4v) is 1.73. The number of hydrogen-bond acceptors (Lipinski definition) is 1. The van der Waals surface area contributed by atoms with Gasteiger partial charge in [-0.1, -0.05) is 27.2 Å². The van der Waals surface area contributed by atoms with Gasteiger partial charge < -0.3 is 23.8 Å². The van der Waals surface area contributed by atoms with Crippen LogP contribution in [-0.2, 0) is 4.43 Å². The topological polar surface area (TPSA) is 9.23 Å². The molecular weight excluding hydrogens is 224 g/mol. The van der Waals surface area contributed by atoms with E-state index in [4.69, 9.17) is 4.43 Å². The Kier molecular flexibility index (Phi) is 12.4. The van der Waals surface area contributed by atoms with Crippen molar-refractivity contribution in [3.05, 3.63) is 6.92 Å². The van der Waals surface area contributed by atoms with Gasteiger partial charge in [0.1, 0.15) is 0 Å². The summed E-state index contributed by atoms with van der Waals surface area (Å²) < 4.78 is 5.93. The van der Waals surface area contributed by atoms with E-state index in [-0.39, 0.29) is 35.5 Å². The van der Waals surface area contributed by atoms with Crippen molar-refractivity contribution in [3.63, 3.8) is 0 Å². The summed E-state index contributed by atoms with van der Waals surface area (Å²) in [6, 6.07) is 0. The third kappa shape index (κ3) is 7.52. The summed E-state index contributed by atoms with van der Waals surface area (Å²) in [7, 11) is -1.47. The Morgan fingerprint density at radius 2 is 1.64 bits per heavy atom. The second-order valence-corrected chi connectivity index (χ2v) is 9.63. The molecule has 0 unspecified atom stereocenters. The summed E-state index contributed by atoms with van der Waals surface area (Å²) in [4.78, 5) is 0. The van der Waals surface area contributed by atoms with Crippen molar-refractivity contribution >= 4 is 31.4 Å². The quantitative estimate of drug-likeness (QED) is 0.393. The monoisotopic (exact) mass is 246 g/mol. The van der Waals surface area contributed by atoms with Crippen molar-refractivity contribution in [2.45, 2.75) is 51.7 Å². The summed E-state index contributed by atoms with van der Waals surface area (Å²) in [6.07, 6.45) is 2.07. The van der Waals surface area contributed by atoms with Crippen molar-refractivity contribution in [1.29, 1.82) is 0 Å². The van der Waals surface area contributed by atoms with Gasteiger partial charge in [0.2, 0.25) is 0 Å². The van der Waals surface area contributed by atoms with Crippen LogP contribution in [0.4, 0.5) is 0 Å². The van der Waals surface area contributed by atoms with Crippen LogP contribution in [0.3, 0.4) is 0 Å². The minimum atomic E-state index is -1.47. The molecule has 0 amide bonds. The van der Waals surface area contributed by atoms with Crippen LogP contribution in [0, 0.1) is 6.92 Å². The molecule has 0 bridgehead atoms. The molecule has 0 aromatic rings. The molecule has 0 fully saturated rings. The van der Waals surface area contributed by atoms with E-state index in [0.29, 0.717) is 5.04 Å². The van der Waals surface area contributed by atoms with Crippen LogP contribution in [-0.4, -0.2) is 38.0 Å². The molecule has 0 saturated heterocycles. The molecule has 0 aliphatic heterocycles. The van der Waals surface area contributed by atoms with Crippen LogP contribution in [0.5, 0.6) is 0 Å². The van der Waals surface area contributed by atoms with Gasteiger partial charge in [-0.2, -0.15) is 6.42 Å². The van der Waals surface area contributed by atoms with Crippen molar-refractivity contribution in [1.82, 2.24) is 0 Å². The fraction of sp³-hybridized carbons (Fsp3) is 0.900. The van der Waals surface area contributed by atoms with E-state index in [0.717, 1.165) is 19.4 Å². The summed E-state index contributed by atoms with van der Waals surface area (Å²) in [5, 5.41) is 0.341. The number of rotatable bonds is 4. The predicted molar refractivity (Wildman–Crippen MR) is 63.5 cm³/mol. The summed E-state index contributed by atoms with van der Waals surface area (Å²) in [5.74, 6) is 0. The molecule has 0 aliphatic carbocycles. The summed E-state index contributed by atoms with van der Waals surface area (Å²) in [5.41, 5.74) is 0. The van der Waals surface area contributed by atoms with Gasteiger partial charge in [0, 0.05) is 6.61 Å². The number of halogens is 1. The first-order valence-electron chi connectivity index (χ1n) is 4.74. The molecule has 0 N–H and O–H groups in total. The maximum Gasteiger partial charge on any atom is 2.00 e. The number of unbranched alkanes of at least 4 members (excludes halogenated alkanes) is 1. The molecule has 0 rings (SSSR count). The van der Waals surface area contributed by atoms with E-state index < -0.39 is 8.32 Å². The van der Waals surface area contributed by atoms with Gasteiger partial charge in [0.25, 0.3) is 0 Å². The minimum Gasteiger partial charge on any atom is -1.00 e. The van der Waals surface area contributed by atoms with Gasteiger partial charge >= 0.3 is 23.1 Å². The zero-order valence-corrected chi connectivity index (χ0v) is 13.5. The second-order valence-electron chi connectivity index (χ2n) is 4.82. The van der Waals surface area contributed by atoms with Crippen molar-refractivity contribution in [3.8, 4) is 0 Å². The molecule has 0 saturated carbocycles. The standard InChI is InChI=1S/C10H23OSi.ClH.Mg/c1-7-8-9-11-12(5,6)10(2,3)4;;/h1,7-9H2,2-6H3;1H;/q-1;;+2/p-1. The molecule has 4 heteroatoms. The molecule has 82 valence electrons. The largest absolute Gasteiger partial charge is 2.00 e. The number of hydrogen-bond donors (Lipinski definition) is 0. The smallest absolute Gasteiger partial charge is 1.00 e. The molecule has 0 aromatic carbocycles. The van der Waals surface area contributed by atoms with Crippen LogP contribution in [0.15, 0.2) is 0 Å². The Labute approximate surface area is 113 Å². The molecule has 14 heavy (non-hydrogen) atoms. The first-order valence-corrected chi connectivity index (χ1v) is 7.65. The van der Waals surface area contributed by atoms with E-state index >= 15 is 0 Å². The van der Waals surface area contributed by atoms with Gasteiger partial charge in [-0.15, -0.1) is 0 Å². The Bertz CT molecular complexity index is 135. The maximum absolute atomic E-state index is 5.93. The summed E-state index contributed by atoms with van der Waals surface area (Å²) in [6.45, 7) is 16.1. The molecular formula is C10H23ClMgOSi. The zero-order valence-electron chi connectivity index (χ0n) is 10.3. The molecule has 0 radical (unpaired) electrons. The van der Waals surface area contributed by atoms with E-state index in [1.807, 2.05) is 0 Å². The van der Waals surface area contributed by atoms with Crippen LogP contribution in [0.2, 0.25) is 18.1 Å². The van der Waals surface area contributed by atoms with Gasteiger partial charge in [-0.05, 0) is 18.1 Å². The molecule has 0 aromatic heterocycles. The third-order valence-electron chi connectivity index (χ3n) is 2.66. The van der Waals surface area contributed by atoms with Crippen LogP contribution in [0.25, 0.3) is 0 Å². The fourth-order valence-electron chi connectivity index (χ4n) is 0.646. The van der Waals surface area contributed by atoms with Crippen LogP contribution < -0.4 is 12.4 Å². The average molecular weight is 247 g/mol. The average Bonchev–Trinajstić information content (AvgIpc) is 1.85. The van der Waals surface area contributed by atoms with Crippen molar-refractivity contribution in [2.24, 2.45) is 0 Å². The van der Waals surface area contributed by atoms with E-state index in [1.54, 1.807) is 0 Å². The SMILES string of the molecule is [CH2-]CCCO[Si](C)(C)C(C)(C)C.[Cl-].[Mg+2]. The van der Waals surface area contributed by atoms with Crippen molar-refractivity contribution in [2.75, 3.05) is 6.61 Å². The van der Waals surface area contributed by atoms with Crippen LogP contribution in [0.1, 0.15) is 33.6 Å². The van der Waals surface area contributed by atoms with E-state index in [1.165, 1.54) is 0 Å². The van der Waals surface area contributed by atoms with Gasteiger partial charge in [0.15, 0.2) is 8.32 Å². The van der Waals surface area contributed by atoms with Gasteiger partial charge in [-0.25, -0.2) is 0 Å². The summed E-state index contributed by atoms with van der Waals surface area (Å²) >= 11 is 0. The first kappa shape index (κ1) is 20.6. The van der Waals surface area contributed by atoms with E-state index in [9.17, 15) is 0 Å². The molecule has 0 aliphatic rings. The molecule has 0 atom stereocenters. The minimum absolute atomic E-state index is 0. The van der Waals surface area contributed by atoms with Crippen molar-refractivity contribution < 1.29 is 16.8 Å². The molecule has 0 heterocycles. The Hall–Kier alpha value is 1.23. The molecule has 0 spiro atoms. The van der Waals surface area contributed by atoms with Crippen LogP contribution >= 0.6 is 0 Å². The maximum atomic E-state index is 5.93. The Balaban J connectivity index is -0.000000605. The second kappa shape index (κ2) is 8.39.